The van der Waals surface area contributed by atoms with E-state index < -0.39 is 10.4 Å². The first-order valence-corrected chi connectivity index (χ1v) is 7.40. The van der Waals surface area contributed by atoms with Crippen LogP contribution in [0.15, 0.2) is 48.5 Å². The summed E-state index contributed by atoms with van der Waals surface area (Å²) in [5.41, 5.74) is 4.41. The van der Waals surface area contributed by atoms with E-state index in [1.165, 1.54) is 0 Å². The van der Waals surface area contributed by atoms with Gasteiger partial charge in [0.2, 0.25) is 21.4 Å². The van der Waals surface area contributed by atoms with Gasteiger partial charge in [-0.15, -0.1) is 0 Å². The maximum Gasteiger partial charge on any atom is 0.231 e. The highest BCUT2D eigenvalue weighted by Gasteiger charge is 2.10. The van der Waals surface area contributed by atoms with Crippen molar-refractivity contribution in [2.24, 2.45) is 7.05 Å². The van der Waals surface area contributed by atoms with E-state index in [4.69, 9.17) is 0 Å². The number of aryl methyl sites for hydroxylation is 1. The minimum atomic E-state index is -4.41. The quantitative estimate of drug-likeness (QED) is 0.293. The maximum absolute atomic E-state index is 9.22. The zero-order valence-electron chi connectivity index (χ0n) is 11.6. The number of hydrogen-bond acceptors (Lipinski definition) is 5. The first kappa shape index (κ1) is 15.3. The average Bonchev–Trinajstić information content (AvgIpc) is 2.48. The standard InChI is InChI=1S/C13H11N2.CH4O4S/c1-15-12-8-4-2-6-10(12)14-11-7-3-5-9-13(11)15;1-5-6(2,3)4/h2-9H,1H3;1H3,(H,2,3,4)/q+1;/p-1. The fourth-order valence-electron chi connectivity index (χ4n) is 1.94. The number of nitrogens with zero attached hydrogens (tertiary/aromatic N) is 2. The summed E-state index contributed by atoms with van der Waals surface area (Å²) in [6, 6.07) is 16.4. The molecule has 110 valence electrons. The summed E-state index contributed by atoms with van der Waals surface area (Å²) in [5.74, 6) is 0. The summed E-state index contributed by atoms with van der Waals surface area (Å²) < 4.78 is 33.2. The van der Waals surface area contributed by atoms with Crippen LogP contribution in [0.4, 0.5) is 0 Å². The Balaban J connectivity index is 0.000000232. The van der Waals surface area contributed by atoms with Gasteiger partial charge in [-0.25, -0.2) is 13.4 Å². The van der Waals surface area contributed by atoms with E-state index in [2.05, 4.69) is 32.9 Å². The lowest BCUT2D eigenvalue weighted by atomic mass is 10.2. The van der Waals surface area contributed by atoms with Gasteiger partial charge in [-0.2, -0.15) is 4.57 Å². The summed E-state index contributed by atoms with van der Waals surface area (Å²) in [7, 11) is -1.53. The summed E-state index contributed by atoms with van der Waals surface area (Å²) in [6.45, 7) is 0. The van der Waals surface area contributed by atoms with Crippen molar-refractivity contribution in [2.75, 3.05) is 7.11 Å². The number of rotatable bonds is 1. The lowest BCUT2D eigenvalue weighted by Crippen LogP contribution is -2.30. The molecule has 0 amide bonds. The van der Waals surface area contributed by atoms with Crippen LogP contribution < -0.4 is 4.57 Å². The van der Waals surface area contributed by atoms with Gasteiger partial charge in [0, 0.05) is 12.1 Å². The molecule has 0 aliphatic heterocycles. The second kappa shape index (κ2) is 6.13. The first-order valence-electron chi connectivity index (χ1n) is 6.07. The molecule has 0 unspecified atom stereocenters. The van der Waals surface area contributed by atoms with Crippen LogP contribution in [-0.4, -0.2) is 25.1 Å². The third-order valence-electron chi connectivity index (χ3n) is 2.93. The highest BCUT2D eigenvalue weighted by atomic mass is 32.3. The molecule has 6 nitrogen and oxygen atoms in total. The highest BCUT2D eigenvalue weighted by molar-refractivity contribution is 7.80. The van der Waals surface area contributed by atoms with Crippen LogP contribution in [0.1, 0.15) is 0 Å². The number of hydrogen-bond donors (Lipinski definition) is 0. The van der Waals surface area contributed by atoms with Gasteiger partial charge in [0.05, 0.1) is 7.11 Å². The Morgan fingerprint density at radius 2 is 1.38 bits per heavy atom. The SMILES string of the molecule is COS(=O)(=O)[O-].C[n+]1c2ccccc2nc2ccccc21. The zero-order chi connectivity index (χ0) is 15.5. The van der Waals surface area contributed by atoms with E-state index in [9.17, 15) is 13.0 Å². The largest absolute Gasteiger partial charge is 0.726 e. The molecule has 3 aromatic rings. The third kappa shape index (κ3) is 3.72. The van der Waals surface area contributed by atoms with Gasteiger partial charge in [-0.05, 0) is 12.1 Å². The van der Waals surface area contributed by atoms with Crippen molar-refractivity contribution in [3.05, 3.63) is 48.5 Å². The molecule has 0 N–H and O–H groups in total. The molecule has 1 heterocycles. The molecule has 0 saturated heterocycles. The second-order valence-electron chi connectivity index (χ2n) is 4.22. The van der Waals surface area contributed by atoms with Gasteiger partial charge in [-0.3, -0.25) is 4.18 Å². The summed E-state index contributed by atoms with van der Waals surface area (Å²) in [6.07, 6.45) is 0. The predicted molar refractivity (Wildman–Crippen MR) is 77.1 cm³/mol. The Morgan fingerprint density at radius 1 is 1.00 bits per heavy atom. The fourth-order valence-corrected chi connectivity index (χ4v) is 1.94. The van der Waals surface area contributed by atoms with Gasteiger partial charge in [-0.1, -0.05) is 24.3 Å². The van der Waals surface area contributed by atoms with Gasteiger partial charge in [0.25, 0.3) is 0 Å². The molecule has 0 radical (unpaired) electrons. The summed E-state index contributed by atoms with van der Waals surface area (Å²) in [4.78, 5) is 4.62. The van der Waals surface area contributed by atoms with Crippen LogP contribution in [0.5, 0.6) is 0 Å². The Kier molecular flexibility index (Phi) is 4.46. The Bertz CT molecular complexity index is 824. The molecule has 0 aliphatic rings. The second-order valence-corrected chi connectivity index (χ2v) is 5.37. The van der Waals surface area contributed by atoms with Crippen molar-refractivity contribution < 1.29 is 21.7 Å². The normalized spacial score (nSPS) is 11.2. The van der Waals surface area contributed by atoms with Crippen molar-refractivity contribution in [3.8, 4) is 0 Å². The molecule has 0 fully saturated rings. The van der Waals surface area contributed by atoms with Crippen LogP contribution >= 0.6 is 0 Å². The van der Waals surface area contributed by atoms with Crippen LogP contribution in [-0.2, 0) is 21.6 Å². The van der Waals surface area contributed by atoms with E-state index in [0.29, 0.717) is 0 Å². The Labute approximate surface area is 122 Å². The van der Waals surface area contributed by atoms with E-state index in [0.717, 1.165) is 29.2 Å². The van der Waals surface area contributed by atoms with Crippen LogP contribution in [0.3, 0.4) is 0 Å². The molecule has 2 aromatic carbocycles. The predicted octanol–water partition coefficient (Wildman–Crippen LogP) is 1.31. The van der Waals surface area contributed by atoms with Crippen molar-refractivity contribution in [3.63, 3.8) is 0 Å². The van der Waals surface area contributed by atoms with E-state index in [-0.39, 0.29) is 0 Å². The van der Waals surface area contributed by atoms with Crippen molar-refractivity contribution in [1.29, 1.82) is 0 Å². The molecule has 21 heavy (non-hydrogen) atoms. The smallest absolute Gasteiger partial charge is 0.231 e. The van der Waals surface area contributed by atoms with E-state index in [1.54, 1.807) is 0 Å². The number of fused-ring (bicyclic) bond motifs is 2. The first-order chi connectivity index (χ1) is 9.92. The molecule has 0 atom stereocenters. The molecule has 3 rings (SSSR count). The maximum atomic E-state index is 9.22. The van der Waals surface area contributed by atoms with Crippen molar-refractivity contribution >= 4 is 32.5 Å². The molecule has 0 aliphatic carbocycles. The lowest BCUT2D eigenvalue weighted by Gasteiger charge is -1.99. The van der Waals surface area contributed by atoms with E-state index in [1.807, 2.05) is 36.4 Å². The van der Waals surface area contributed by atoms with Gasteiger partial charge >= 0.3 is 0 Å². The zero-order valence-corrected chi connectivity index (χ0v) is 12.4. The molecular weight excluding hydrogens is 292 g/mol. The van der Waals surface area contributed by atoms with Crippen LogP contribution in [0.2, 0.25) is 0 Å². The molecule has 0 spiro atoms. The topological polar surface area (TPSA) is 83.2 Å². The molecular formula is C14H14N2O4S. The average molecular weight is 306 g/mol. The fraction of sp³-hybridized carbons (Fsp3) is 0.143. The highest BCUT2D eigenvalue weighted by Crippen LogP contribution is 2.12. The third-order valence-corrected chi connectivity index (χ3v) is 3.34. The summed E-state index contributed by atoms with van der Waals surface area (Å²) in [5, 5.41) is 0. The van der Waals surface area contributed by atoms with Gasteiger partial charge < -0.3 is 4.55 Å². The lowest BCUT2D eigenvalue weighted by molar-refractivity contribution is -0.617. The molecule has 7 heteroatoms. The van der Waals surface area contributed by atoms with Gasteiger partial charge in [0.1, 0.15) is 18.1 Å². The monoisotopic (exact) mass is 306 g/mol. The molecule has 0 bridgehead atoms. The van der Waals surface area contributed by atoms with Crippen molar-refractivity contribution in [2.45, 2.75) is 0 Å². The van der Waals surface area contributed by atoms with Crippen molar-refractivity contribution in [1.82, 2.24) is 4.98 Å². The Morgan fingerprint density at radius 3 is 1.76 bits per heavy atom. The number of benzene rings is 2. The molecule has 0 saturated carbocycles. The summed E-state index contributed by atoms with van der Waals surface area (Å²) >= 11 is 0. The number of aromatic nitrogens is 2. The molecule has 1 aromatic heterocycles. The number of para-hydroxylation sites is 4. The van der Waals surface area contributed by atoms with Gasteiger partial charge in [0.15, 0.2) is 0 Å². The minimum absolute atomic E-state index is 0.808. The van der Waals surface area contributed by atoms with Crippen LogP contribution in [0.25, 0.3) is 22.1 Å². The minimum Gasteiger partial charge on any atom is -0.726 e. The van der Waals surface area contributed by atoms with E-state index >= 15 is 0 Å². The Hall–Kier alpha value is -2.09. The van der Waals surface area contributed by atoms with Crippen LogP contribution in [0, 0.1) is 0 Å².